The number of hydrogen-bond acceptors (Lipinski definition) is 9. The number of carboxylic acids is 2. The first-order valence-corrected chi connectivity index (χ1v) is 19.2. The molecule has 0 radical (unpaired) electrons. The van der Waals surface area contributed by atoms with E-state index in [-0.39, 0.29) is 13.0 Å². The molecule has 1 fully saturated rings. The second kappa shape index (κ2) is 20.2. The molecule has 19 heteroatoms. The fourth-order valence-corrected chi connectivity index (χ4v) is 6.80. The van der Waals surface area contributed by atoms with E-state index in [2.05, 4.69) is 21.4 Å². The van der Waals surface area contributed by atoms with Gasteiger partial charge < -0.3 is 35.8 Å². The largest absolute Gasteiger partial charge is 0.481 e. The van der Waals surface area contributed by atoms with Crippen LogP contribution in [0.1, 0.15) is 80.2 Å². The Bertz CT molecular complexity index is 1940. The maximum atomic E-state index is 14.4. The molecular formula is C41H54F2N6O11. The predicted octanol–water partition coefficient (Wildman–Crippen LogP) is 2.98. The van der Waals surface area contributed by atoms with Crippen molar-refractivity contribution in [1.82, 2.24) is 26.0 Å². The Kier molecular flexibility index (Phi) is 16.2. The lowest BCUT2D eigenvalue weighted by molar-refractivity contribution is -0.154. The maximum Gasteiger partial charge on any atom is 0.325 e. The number of hydrazine groups is 1. The topological polar surface area (TPSA) is 241 Å². The van der Waals surface area contributed by atoms with Gasteiger partial charge in [0.05, 0.1) is 6.42 Å². The van der Waals surface area contributed by atoms with E-state index in [9.17, 15) is 57.4 Å². The zero-order valence-electron chi connectivity index (χ0n) is 34.9. The Balaban J connectivity index is 1.86. The number of halogens is 2. The summed E-state index contributed by atoms with van der Waals surface area (Å²) >= 11 is 0. The van der Waals surface area contributed by atoms with Gasteiger partial charge in [0.1, 0.15) is 24.7 Å². The van der Waals surface area contributed by atoms with Gasteiger partial charge in [0.25, 0.3) is 11.8 Å². The first kappa shape index (κ1) is 48.2. The molecule has 0 saturated carbocycles. The third-order valence-corrected chi connectivity index (χ3v) is 9.47. The number of ether oxygens (including phenoxy) is 1. The normalized spacial score (nSPS) is 16.3. The van der Waals surface area contributed by atoms with Crippen LogP contribution in [0.2, 0.25) is 0 Å². The van der Waals surface area contributed by atoms with Gasteiger partial charge in [-0.3, -0.25) is 43.8 Å². The monoisotopic (exact) mass is 844 g/mol. The zero-order valence-corrected chi connectivity index (χ0v) is 34.9. The summed E-state index contributed by atoms with van der Waals surface area (Å²) in [7, 11) is 0. The van der Waals surface area contributed by atoms with Crippen molar-refractivity contribution < 1.29 is 62.1 Å². The second-order valence-electron chi connectivity index (χ2n) is 17.1. The summed E-state index contributed by atoms with van der Waals surface area (Å²) < 4.78 is 33.3. The number of amides is 6. The molecule has 6 amide bonds. The SMILES string of the molecule is CC(C)[C@@H](NC(=O)[C@@H](CC(=O)O)NC(=O)C(=O)Nc1ccccc1C(C)(C)C)C(=O)N1CC[C@H](CC(C)(C)C)C1C(=O)NN(CC(=O)O)C(=O)COc1c(F)cccc1F. The van der Waals surface area contributed by atoms with Crippen molar-refractivity contribution in [3.63, 3.8) is 0 Å². The van der Waals surface area contributed by atoms with E-state index in [0.717, 1.165) is 23.1 Å². The van der Waals surface area contributed by atoms with E-state index in [1.165, 1.54) is 0 Å². The highest BCUT2D eigenvalue weighted by Crippen LogP contribution is 2.36. The smallest absolute Gasteiger partial charge is 0.325 e. The highest BCUT2D eigenvalue weighted by Gasteiger charge is 2.46. The van der Waals surface area contributed by atoms with Crippen LogP contribution in [-0.2, 0) is 43.8 Å². The summed E-state index contributed by atoms with van der Waals surface area (Å²) in [5, 5.41) is 26.7. The van der Waals surface area contributed by atoms with Gasteiger partial charge in [0, 0.05) is 12.2 Å². The number of benzene rings is 2. The van der Waals surface area contributed by atoms with Gasteiger partial charge in [-0.15, -0.1) is 0 Å². The molecule has 1 aliphatic heterocycles. The number of likely N-dealkylation sites (tertiary alicyclic amines) is 1. The number of anilines is 1. The maximum absolute atomic E-state index is 14.4. The Hall–Kier alpha value is -6.14. The molecule has 0 aromatic heterocycles. The number of para-hydroxylation sites is 2. The number of nitrogens with zero attached hydrogens (tertiary/aromatic N) is 2. The summed E-state index contributed by atoms with van der Waals surface area (Å²) in [6, 6.07) is 4.99. The molecule has 0 bridgehead atoms. The van der Waals surface area contributed by atoms with Crippen LogP contribution in [0.3, 0.4) is 0 Å². The Morgan fingerprint density at radius 1 is 0.867 bits per heavy atom. The van der Waals surface area contributed by atoms with Crippen molar-refractivity contribution in [2.24, 2.45) is 17.3 Å². The summed E-state index contributed by atoms with van der Waals surface area (Å²) in [4.78, 5) is 106. The van der Waals surface area contributed by atoms with Gasteiger partial charge in [0.15, 0.2) is 24.0 Å². The van der Waals surface area contributed by atoms with Crippen LogP contribution in [-0.4, -0.2) is 105 Å². The molecule has 0 aliphatic carbocycles. The Morgan fingerprint density at radius 3 is 2.03 bits per heavy atom. The van der Waals surface area contributed by atoms with Crippen molar-refractivity contribution in [3.8, 4) is 5.75 Å². The molecule has 1 saturated heterocycles. The molecule has 0 spiro atoms. The van der Waals surface area contributed by atoms with Crippen LogP contribution in [0.5, 0.6) is 5.75 Å². The fraction of sp³-hybridized carbons (Fsp3) is 0.512. The minimum atomic E-state index is -1.82. The molecule has 328 valence electrons. The minimum absolute atomic E-state index is 0.0230. The van der Waals surface area contributed by atoms with Gasteiger partial charge in [-0.25, -0.2) is 13.8 Å². The third-order valence-electron chi connectivity index (χ3n) is 9.47. The van der Waals surface area contributed by atoms with Crippen molar-refractivity contribution in [2.45, 2.75) is 98.2 Å². The second-order valence-corrected chi connectivity index (χ2v) is 17.1. The molecule has 1 heterocycles. The highest BCUT2D eigenvalue weighted by molar-refractivity contribution is 6.40. The lowest BCUT2D eigenvalue weighted by atomic mass is 9.81. The quantitative estimate of drug-likeness (QED) is 0.113. The molecular weight excluding hydrogens is 790 g/mol. The molecule has 1 aliphatic rings. The van der Waals surface area contributed by atoms with E-state index in [1.807, 2.05) is 41.5 Å². The van der Waals surface area contributed by atoms with E-state index >= 15 is 0 Å². The van der Waals surface area contributed by atoms with Crippen LogP contribution in [0.25, 0.3) is 0 Å². The number of aliphatic carboxylic acids is 2. The van der Waals surface area contributed by atoms with Crippen LogP contribution < -0.4 is 26.1 Å². The van der Waals surface area contributed by atoms with Crippen LogP contribution >= 0.6 is 0 Å². The van der Waals surface area contributed by atoms with E-state index in [0.29, 0.717) is 22.7 Å². The average molecular weight is 845 g/mol. The lowest BCUT2D eigenvalue weighted by Crippen LogP contribution is -2.61. The fourth-order valence-electron chi connectivity index (χ4n) is 6.80. The summed E-state index contributed by atoms with van der Waals surface area (Å²) in [6.07, 6.45) is -0.329. The molecule has 3 rings (SSSR count). The number of carbonyl (C=O) groups excluding carboxylic acids is 6. The van der Waals surface area contributed by atoms with Crippen LogP contribution in [0, 0.1) is 28.9 Å². The van der Waals surface area contributed by atoms with Crippen molar-refractivity contribution >= 4 is 53.1 Å². The zero-order chi connectivity index (χ0) is 45.3. The van der Waals surface area contributed by atoms with Gasteiger partial charge in [-0.05, 0) is 59.3 Å². The number of hydrogen-bond donors (Lipinski definition) is 6. The average Bonchev–Trinajstić information content (AvgIpc) is 3.53. The first-order valence-electron chi connectivity index (χ1n) is 19.2. The van der Waals surface area contributed by atoms with Crippen molar-refractivity contribution in [2.75, 3.05) is 25.0 Å². The number of rotatable bonds is 15. The van der Waals surface area contributed by atoms with E-state index < -0.39 is 125 Å². The molecule has 2 aromatic carbocycles. The standard InChI is InChI=1S/C41H54F2N6O11/c1-22(2)32(46-35(55)28(18-30(51)52)45-38(58)37(57)44-27-15-10-9-12-24(27)41(6,7)8)39(59)48-17-16-23(19-40(3,4)5)33(48)36(56)47-49(20-31(53)54)29(50)21-60-34-25(42)13-11-14-26(34)43/h9-15,22-23,28,32-33H,16-21H2,1-8H3,(H,44,57)(H,45,58)(H,46,55)(H,47,56)(H,51,52)(H,53,54)/t23-,28-,32-,33?/m1/s1. The third kappa shape index (κ3) is 13.5. The lowest BCUT2D eigenvalue weighted by Gasteiger charge is -2.35. The summed E-state index contributed by atoms with van der Waals surface area (Å²) in [5.74, 6) is -14.1. The minimum Gasteiger partial charge on any atom is -0.481 e. The van der Waals surface area contributed by atoms with E-state index in [4.69, 9.17) is 4.74 Å². The Labute approximate surface area is 346 Å². The molecule has 17 nitrogen and oxygen atoms in total. The predicted molar refractivity (Wildman–Crippen MR) is 212 cm³/mol. The molecule has 1 unspecified atom stereocenters. The molecule has 6 N–H and O–H groups in total. The van der Waals surface area contributed by atoms with Gasteiger partial charge in [-0.1, -0.05) is 79.7 Å². The van der Waals surface area contributed by atoms with Crippen LogP contribution in [0.4, 0.5) is 14.5 Å². The Morgan fingerprint density at radius 2 is 1.48 bits per heavy atom. The van der Waals surface area contributed by atoms with Crippen molar-refractivity contribution in [3.05, 3.63) is 59.7 Å². The van der Waals surface area contributed by atoms with Gasteiger partial charge in [-0.2, -0.15) is 0 Å². The van der Waals surface area contributed by atoms with Crippen LogP contribution in [0.15, 0.2) is 42.5 Å². The number of nitrogens with one attached hydrogen (secondary N) is 4. The highest BCUT2D eigenvalue weighted by atomic mass is 19.1. The van der Waals surface area contributed by atoms with Gasteiger partial charge >= 0.3 is 23.8 Å². The summed E-state index contributed by atoms with van der Waals surface area (Å²) in [6.45, 7) is 12.3. The van der Waals surface area contributed by atoms with Crippen molar-refractivity contribution in [1.29, 1.82) is 0 Å². The van der Waals surface area contributed by atoms with E-state index in [1.54, 1.807) is 38.1 Å². The molecule has 4 atom stereocenters. The molecule has 60 heavy (non-hydrogen) atoms. The first-order chi connectivity index (χ1) is 27.8. The number of carboxylic acid groups (broad SMARTS) is 2. The van der Waals surface area contributed by atoms with Gasteiger partial charge in [0.2, 0.25) is 11.8 Å². The summed E-state index contributed by atoms with van der Waals surface area (Å²) in [5.41, 5.74) is 2.43. The molecule has 2 aromatic rings. The number of carbonyl (C=O) groups is 8.